The number of nitrogens with zero attached hydrogens (tertiary/aromatic N) is 1. The van der Waals surface area contributed by atoms with Crippen LogP contribution in [0, 0.1) is 10.1 Å². The fourth-order valence-corrected chi connectivity index (χ4v) is 7.80. The van der Waals surface area contributed by atoms with E-state index in [2.05, 4.69) is 10.6 Å². The number of rotatable bonds is 28. The first-order valence-corrected chi connectivity index (χ1v) is 23.0. The summed E-state index contributed by atoms with van der Waals surface area (Å²) in [7, 11) is 0. The zero-order valence-corrected chi connectivity index (χ0v) is 40.0. The van der Waals surface area contributed by atoms with Crippen LogP contribution in [-0.2, 0) is 47.9 Å². The van der Waals surface area contributed by atoms with E-state index in [1.165, 1.54) is 12.1 Å². The Kier molecular flexibility index (Phi) is 25.0. The Hall–Kier alpha value is -7.93. The van der Waals surface area contributed by atoms with Crippen molar-refractivity contribution in [3.8, 4) is 11.5 Å². The minimum absolute atomic E-state index is 0.0751. The third-order valence-corrected chi connectivity index (χ3v) is 12.0. The molecule has 3 rings (SSSR count). The molecule has 5 amide bonds. The number of aromatic hydroxyl groups is 1. The van der Waals surface area contributed by atoms with Crippen LogP contribution < -0.4 is 43.2 Å². The first kappa shape index (κ1) is 63.2. The smallest absolute Gasteiger partial charge is 0.335 e. The summed E-state index contributed by atoms with van der Waals surface area (Å²) in [6, 6.07) is -0.355. The number of carboxylic acids is 6. The van der Waals surface area contributed by atoms with Gasteiger partial charge in [-0.3, -0.25) is 53.3 Å². The SMILES string of the molecule is NC(=O)c1ccc(SCC(NC(=O)CCC(N)C(=O)O)C(=O)O)c([N+](=O)[O-])c1.NC(CCC(=O)NC(CSc1c(O)cc(C(=O)NCC(=O)O)cc1OC1OC(C(=O)O)[C@@H](O)[C@H](O)[C@H]1O)C(=O)NCC(=O)O)C(=O)O. The molecule has 0 spiro atoms. The summed E-state index contributed by atoms with van der Waals surface area (Å²) in [5.74, 6) is -15.3. The van der Waals surface area contributed by atoms with Gasteiger partial charge in [0.25, 0.3) is 11.6 Å². The van der Waals surface area contributed by atoms with Gasteiger partial charge < -0.3 is 99.0 Å². The zero-order chi connectivity index (χ0) is 57.0. The molecule has 1 aliphatic rings. The number of hydrogen-bond donors (Lipinski definition) is 17. The number of carbonyl (C=O) groups excluding carboxylic acids is 5. The van der Waals surface area contributed by atoms with Crippen LogP contribution in [0.25, 0.3) is 0 Å². The van der Waals surface area contributed by atoms with E-state index in [4.69, 9.17) is 47.1 Å². The number of hydrogen-bond acceptors (Lipinski definition) is 23. The molecule has 35 heteroatoms. The lowest BCUT2D eigenvalue weighted by atomic mass is 9.99. The predicted molar refractivity (Wildman–Crippen MR) is 248 cm³/mol. The first-order chi connectivity index (χ1) is 34.9. The van der Waals surface area contributed by atoms with Crippen LogP contribution in [0.1, 0.15) is 46.4 Å². The normalized spacial score (nSPS) is 18.4. The summed E-state index contributed by atoms with van der Waals surface area (Å²) in [5.41, 5.74) is 14.8. The van der Waals surface area contributed by atoms with Gasteiger partial charge in [0, 0.05) is 41.5 Å². The Bertz CT molecular complexity index is 2500. The van der Waals surface area contributed by atoms with Gasteiger partial charge in [-0.05, 0) is 37.1 Å². The lowest BCUT2D eigenvalue weighted by Crippen LogP contribution is -2.61. The molecule has 33 nitrogen and oxygen atoms in total. The van der Waals surface area contributed by atoms with Crippen LogP contribution >= 0.6 is 23.5 Å². The molecule has 0 aliphatic carbocycles. The van der Waals surface area contributed by atoms with Crippen LogP contribution in [-0.4, -0.2) is 201 Å². The van der Waals surface area contributed by atoms with Crippen molar-refractivity contribution in [3.05, 3.63) is 51.6 Å². The maximum Gasteiger partial charge on any atom is 0.335 e. The average molecular weight is 1110 g/mol. The van der Waals surface area contributed by atoms with Crippen LogP contribution in [0.15, 0.2) is 40.1 Å². The molecule has 75 heavy (non-hydrogen) atoms. The Morgan fingerprint density at radius 2 is 1.24 bits per heavy atom. The Morgan fingerprint density at radius 3 is 1.73 bits per heavy atom. The molecular formula is C40H50N8O25S2. The highest BCUT2D eigenvalue weighted by molar-refractivity contribution is 7.99. The van der Waals surface area contributed by atoms with Crippen molar-refractivity contribution in [1.29, 1.82) is 0 Å². The monoisotopic (exact) mass is 1110 g/mol. The van der Waals surface area contributed by atoms with Crippen LogP contribution in [0.4, 0.5) is 5.69 Å². The number of carbonyl (C=O) groups is 11. The van der Waals surface area contributed by atoms with Crippen molar-refractivity contribution in [2.45, 2.75) is 90.3 Å². The maximum absolute atomic E-state index is 12.7. The molecule has 6 unspecified atom stereocenters. The van der Waals surface area contributed by atoms with Crippen molar-refractivity contribution >= 4 is 94.6 Å². The number of carboxylic acid groups (broad SMARTS) is 6. The number of benzene rings is 2. The predicted octanol–water partition coefficient (Wildman–Crippen LogP) is -5.01. The van der Waals surface area contributed by atoms with E-state index in [0.717, 1.165) is 30.0 Å². The number of ether oxygens (including phenoxy) is 2. The van der Waals surface area contributed by atoms with Crippen molar-refractivity contribution in [3.63, 3.8) is 0 Å². The van der Waals surface area contributed by atoms with Crippen LogP contribution in [0.5, 0.6) is 11.5 Å². The molecule has 0 saturated carbocycles. The molecule has 9 atom stereocenters. The molecule has 1 fully saturated rings. The molecule has 0 radical (unpaired) electrons. The number of phenols is 1. The highest BCUT2D eigenvalue weighted by Crippen LogP contribution is 2.40. The van der Waals surface area contributed by atoms with E-state index in [0.29, 0.717) is 11.8 Å². The van der Waals surface area contributed by atoms with E-state index in [1.807, 2.05) is 10.6 Å². The molecule has 2 aromatic rings. The van der Waals surface area contributed by atoms with Crippen molar-refractivity contribution in [2.24, 2.45) is 17.2 Å². The second-order valence-corrected chi connectivity index (χ2v) is 17.4. The van der Waals surface area contributed by atoms with Gasteiger partial charge >= 0.3 is 35.8 Å². The molecule has 20 N–H and O–H groups in total. The molecular weight excluding hydrogens is 1060 g/mol. The Labute approximate surface area is 428 Å². The van der Waals surface area contributed by atoms with Gasteiger partial charge in [-0.25, -0.2) is 9.59 Å². The number of amides is 5. The van der Waals surface area contributed by atoms with E-state index in [-0.39, 0.29) is 40.4 Å². The van der Waals surface area contributed by atoms with Crippen molar-refractivity contribution in [2.75, 3.05) is 24.6 Å². The second-order valence-electron chi connectivity index (χ2n) is 15.3. The highest BCUT2D eigenvalue weighted by atomic mass is 32.2. The summed E-state index contributed by atoms with van der Waals surface area (Å²) in [5, 5.41) is 115. The van der Waals surface area contributed by atoms with Crippen LogP contribution in [0.2, 0.25) is 0 Å². The number of nitrogens with one attached hydrogen (secondary N) is 4. The number of aliphatic hydroxyl groups is 3. The number of phenolic OH excluding ortho intramolecular Hbond substituents is 1. The summed E-state index contributed by atoms with van der Waals surface area (Å²) in [6.07, 6.45) is -11.8. The van der Waals surface area contributed by atoms with Gasteiger partial charge in [-0.15, -0.1) is 23.5 Å². The third-order valence-electron chi connectivity index (χ3n) is 9.69. The van der Waals surface area contributed by atoms with Gasteiger partial charge in [0.1, 0.15) is 67.1 Å². The van der Waals surface area contributed by atoms with Gasteiger partial charge in [0.15, 0.2) is 6.10 Å². The van der Waals surface area contributed by atoms with E-state index in [1.54, 1.807) is 0 Å². The Morgan fingerprint density at radius 1 is 0.707 bits per heavy atom. The molecule has 1 aliphatic heterocycles. The summed E-state index contributed by atoms with van der Waals surface area (Å²) in [4.78, 5) is 137. The van der Waals surface area contributed by atoms with E-state index < -0.39 is 173 Å². The van der Waals surface area contributed by atoms with Crippen molar-refractivity contribution in [1.82, 2.24) is 21.3 Å². The first-order valence-electron chi connectivity index (χ1n) is 21.0. The standard InChI is InChI=1S/C25H32N4O17S.C15H18N4O8S/c26-9(23(41)42)1-2-13(31)29-10(22(40)28-6-15(34)35)7-47-20-11(30)3-8(21(39)27-5-14(32)33)4-12(20)45-25-18(38)16(36)17(37)19(46-25)24(43)44;16-8(14(22)23)2-4-12(20)18-9(15(24)25)6-28-11-3-1-7(13(17)21)5-10(11)19(26)27/h3-4,9-10,16-19,25,30,36-38H,1-2,5-7,26H2,(H,27,39)(H,28,40)(H,29,31)(H,32,33)(H,34,35)(H,41,42)(H,43,44);1,3,5,8-9H,2,4,6,16H2,(H2,17,21)(H,18,20)(H,22,23)(H,24,25)/t9?,10?,16-,17-,18+,19?,25?;/m0./s1. The van der Waals surface area contributed by atoms with E-state index >= 15 is 0 Å². The van der Waals surface area contributed by atoms with Gasteiger partial charge in [-0.1, -0.05) is 0 Å². The minimum Gasteiger partial charge on any atom is -0.507 e. The molecule has 0 bridgehead atoms. The highest BCUT2D eigenvalue weighted by Gasteiger charge is 2.48. The topological polar surface area (TPSA) is 578 Å². The van der Waals surface area contributed by atoms with Gasteiger partial charge in [-0.2, -0.15) is 0 Å². The quantitative estimate of drug-likeness (QED) is 0.0215. The minimum atomic E-state index is -2.12. The zero-order valence-electron chi connectivity index (χ0n) is 38.3. The Balaban J connectivity index is 0.000000585. The summed E-state index contributed by atoms with van der Waals surface area (Å²) >= 11 is 1.34. The third kappa shape index (κ3) is 20.5. The fraction of sp³-hybridized carbons (Fsp3) is 0.425. The summed E-state index contributed by atoms with van der Waals surface area (Å²) in [6.45, 7) is -1.71. The van der Waals surface area contributed by atoms with Crippen molar-refractivity contribution < 1.29 is 118 Å². The summed E-state index contributed by atoms with van der Waals surface area (Å²) < 4.78 is 10.6. The molecule has 1 saturated heterocycles. The number of thioether (sulfide) groups is 2. The lowest BCUT2D eigenvalue weighted by Gasteiger charge is -2.38. The molecule has 1 heterocycles. The van der Waals surface area contributed by atoms with Gasteiger partial charge in [0.05, 0.1) is 14.7 Å². The second kappa shape index (κ2) is 29.7. The van der Waals surface area contributed by atoms with Crippen LogP contribution in [0.3, 0.4) is 0 Å². The number of aliphatic carboxylic acids is 6. The average Bonchev–Trinajstić information content (AvgIpc) is 3.33. The van der Waals surface area contributed by atoms with Gasteiger partial charge in [0.2, 0.25) is 29.9 Å². The number of nitro groups is 1. The maximum atomic E-state index is 12.7. The van der Waals surface area contributed by atoms with E-state index in [9.17, 15) is 93.5 Å². The fourth-order valence-electron chi connectivity index (χ4n) is 5.76. The number of nitrogens with two attached hydrogens (primary N) is 3. The largest absolute Gasteiger partial charge is 0.507 e. The number of aliphatic hydroxyl groups excluding tert-OH is 3. The number of nitro benzene ring substituents is 1. The molecule has 412 valence electrons. The number of primary amides is 1. The lowest BCUT2D eigenvalue weighted by molar-refractivity contribution is -0.387. The molecule has 0 aromatic heterocycles. The molecule has 2 aromatic carbocycles.